The Labute approximate surface area is 115 Å². The molecule has 1 rings (SSSR count). The monoisotopic (exact) mass is 283 g/mol. The molecule has 1 heterocycles. The van der Waals surface area contributed by atoms with E-state index in [-0.39, 0.29) is 22.3 Å². The third-order valence-corrected chi connectivity index (χ3v) is 2.82. The molecule has 1 aromatic heterocycles. The zero-order chi connectivity index (χ0) is 14.4. The van der Waals surface area contributed by atoms with Gasteiger partial charge in [-0.3, -0.25) is 14.9 Å². The van der Waals surface area contributed by atoms with E-state index in [1.54, 1.807) is 13.1 Å². The fraction of sp³-hybridized carbons (Fsp3) is 0.333. The molecule has 1 aromatic rings. The second kappa shape index (κ2) is 6.84. The van der Waals surface area contributed by atoms with Gasteiger partial charge in [0.15, 0.2) is 0 Å². The smallest absolute Gasteiger partial charge is 0.288 e. The van der Waals surface area contributed by atoms with Crippen molar-refractivity contribution in [2.45, 2.75) is 12.8 Å². The van der Waals surface area contributed by atoms with E-state index in [0.29, 0.717) is 6.54 Å². The molecule has 0 spiro atoms. The number of hydrogen-bond donors (Lipinski definition) is 0. The van der Waals surface area contributed by atoms with Crippen LogP contribution in [0.5, 0.6) is 0 Å². The number of nitro groups is 1. The summed E-state index contributed by atoms with van der Waals surface area (Å²) in [5, 5.41) is 10.6. The topological polar surface area (TPSA) is 76.3 Å². The van der Waals surface area contributed by atoms with Crippen LogP contribution >= 0.6 is 11.6 Å². The zero-order valence-corrected chi connectivity index (χ0v) is 11.3. The van der Waals surface area contributed by atoms with Gasteiger partial charge < -0.3 is 4.90 Å². The number of pyridine rings is 1. The van der Waals surface area contributed by atoms with Gasteiger partial charge in [-0.15, -0.1) is 6.58 Å². The van der Waals surface area contributed by atoms with Crippen molar-refractivity contribution in [3.05, 3.63) is 45.7 Å². The first-order chi connectivity index (χ1) is 8.97. The quantitative estimate of drug-likeness (QED) is 0.264. The van der Waals surface area contributed by atoms with Gasteiger partial charge >= 0.3 is 0 Å². The van der Waals surface area contributed by atoms with Gasteiger partial charge in [0.25, 0.3) is 11.6 Å². The molecule has 0 aromatic carbocycles. The molecule has 1 amide bonds. The highest BCUT2D eigenvalue weighted by atomic mass is 35.5. The lowest BCUT2D eigenvalue weighted by Gasteiger charge is -2.16. The highest BCUT2D eigenvalue weighted by molar-refractivity contribution is 6.32. The lowest BCUT2D eigenvalue weighted by atomic mass is 10.2. The van der Waals surface area contributed by atoms with E-state index in [2.05, 4.69) is 11.6 Å². The molecule has 19 heavy (non-hydrogen) atoms. The van der Waals surface area contributed by atoms with Gasteiger partial charge in [-0.1, -0.05) is 17.7 Å². The fourth-order valence-electron chi connectivity index (χ4n) is 1.47. The molecule has 102 valence electrons. The van der Waals surface area contributed by atoms with Crippen LogP contribution < -0.4 is 0 Å². The van der Waals surface area contributed by atoms with Crippen LogP contribution in [0.3, 0.4) is 0 Å². The highest BCUT2D eigenvalue weighted by Gasteiger charge is 2.19. The lowest BCUT2D eigenvalue weighted by Crippen LogP contribution is -2.28. The molecule has 7 heteroatoms. The van der Waals surface area contributed by atoms with Crippen molar-refractivity contribution >= 4 is 23.2 Å². The van der Waals surface area contributed by atoms with Crippen LogP contribution in [0.1, 0.15) is 23.2 Å². The van der Waals surface area contributed by atoms with Crippen molar-refractivity contribution < 1.29 is 9.72 Å². The molecule has 0 saturated carbocycles. The lowest BCUT2D eigenvalue weighted by molar-refractivity contribution is -0.385. The number of hydrogen-bond acceptors (Lipinski definition) is 4. The van der Waals surface area contributed by atoms with Crippen LogP contribution in [0.25, 0.3) is 0 Å². The first-order valence-corrected chi connectivity index (χ1v) is 6.01. The summed E-state index contributed by atoms with van der Waals surface area (Å²) in [4.78, 5) is 27.2. The fourth-order valence-corrected chi connectivity index (χ4v) is 1.65. The van der Waals surface area contributed by atoms with E-state index >= 15 is 0 Å². The molecular weight excluding hydrogens is 270 g/mol. The summed E-state index contributed by atoms with van der Waals surface area (Å²) in [7, 11) is 1.61. The molecule has 0 radical (unpaired) electrons. The third kappa shape index (κ3) is 4.03. The Balaban J connectivity index is 2.88. The summed E-state index contributed by atoms with van der Waals surface area (Å²) in [5.74, 6) is -0.384. The van der Waals surface area contributed by atoms with Crippen LogP contribution in [0, 0.1) is 10.1 Å². The van der Waals surface area contributed by atoms with E-state index in [4.69, 9.17) is 11.6 Å². The van der Waals surface area contributed by atoms with Gasteiger partial charge in [-0.05, 0) is 12.8 Å². The molecule has 0 unspecified atom stereocenters. The minimum absolute atomic E-state index is 0.0360. The number of rotatable bonds is 6. The molecule has 0 saturated heterocycles. The molecule has 0 fully saturated rings. The van der Waals surface area contributed by atoms with E-state index in [1.807, 2.05) is 0 Å². The Hall–Kier alpha value is -1.95. The Kier molecular flexibility index (Phi) is 5.44. The van der Waals surface area contributed by atoms with Crippen LogP contribution in [-0.2, 0) is 0 Å². The predicted octanol–water partition coefficient (Wildman–Crippen LogP) is 2.68. The first kappa shape index (κ1) is 15.1. The molecule has 0 bridgehead atoms. The van der Waals surface area contributed by atoms with Crippen LogP contribution in [0.15, 0.2) is 24.9 Å². The van der Waals surface area contributed by atoms with Crippen molar-refractivity contribution in [1.29, 1.82) is 0 Å². The maximum absolute atomic E-state index is 12.1. The van der Waals surface area contributed by atoms with Crippen LogP contribution in [0.2, 0.25) is 5.15 Å². The van der Waals surface area contributed by atoms with Gasteiger partial charge in [0, 0.05) is 19.7 Å². The summed E-state index contributed by atoms with van der Waals surface area (Å²) in [5.41, 5.74) is -0.218. The van der Waals surface area contributed by atoms with Gasteiger partial charge in [-0.2, -0.15) is 0 Å². The summed E-state index contributed by atoms with van der Waals surface area (Å²) >= 11 is 5.80. The summed E-state index contributed by atoms with van der Waals surface area (Å²) in [6.07, 6.45) is 4.35. The van der Waals surface area contributed by atoms with Crippen LogP contribution in [-0.4, -0.2) is 34.3 Å². The average molecular weight is 284 g/mol. The van der Waals surface area contributed by atoms with Crippen molar-refractivity contribution in [2.24, 2.45) is 0 Å². The van der Waals surface area contributed by atoms with E-state index in [0.717, 1.165) is 25.1 Å². The SMILES string of the molecule is C=CCCCN(C)C(=O)c1cc([N+](=O)[O-])cnc1Cl. The standard InChI is InChI=1S/C12H14ClN3O3/c1-3-4-5-6-15(2)12(17)10-7-9(16(18)19)8-14-11(10)13/h3,7-8H,1,4-6H2,2H3. The largest absolute Gasteiger partial charge is 0.342 e. The minimum Gasteiger partial charge on any atom is -0.342 e. The van der Waals surface area contributed by atoms with Crippen molar-refractivity contribution in [3.63, 3.8) is 0 Å². The van der Waals surface area contributed by atoms with Gasteiger partial charge in [0.05, 0.1) is 10.5 Å². The number of carbonyl (C=O) groups excluding carboxylic acids is 1. The number of amides is 1. The van der Waals surface area contributed by atoms with E-state index < -0.39 is 4.92 Å². The van der Waals surface area contributed by atoms with Crippen molar-refractivity contribution in [2.75, 3.05) is 13.6 Å². The maximum atomic E-state index is 12.1. The molecule has 0 aliphatic rings. The number of allylic oxidation sites excluding steroid dienone is 1. The average Bonchev–Trinajstić information content (AvgIpc) is 2.38. The van der Waals surface area contributed by atoms with Gasteiger partial charge in [0.2, 0.25) is 0 Å². The van der Waals surface area contributed by atoms with Crippen LogP contribution in [0.4, 0.5) is 5.69 Å². The summed E-state index contributed by atoms with van der Waals surface area (Å²) in [6.45, 7) is 4.11. The van der Waals surface area contributed by atoms with E-state index in [1.165, 1.54) is 4.90 Å². The number of unbranched alkanes of at least 4 members (excludes halogenated alkanes) is 1. The van der Waals surface area contributed by atoms with Crippen molar-refractivity contribution in [1.82, 2.24) is 9.88 Å². The van der Waals surface area contributed by atoms with Gasteiger partial charge in [-0.25, -0.2) is 4.98 Å². The number of nitrogens with zero attached hydrogens (tertiary/aromatic N) is 3. The number of aromatic nitrogens is 1. The predicted molar refractivity (Wildman–Crippen MR) is 72.3 cm³/mol. The summed E-state index contributed by atoms with van der Waals surface area (Å²) in [6, 6.07) is 1.14. The Morgan fingerprint density at radius 1 is 1.68 bits per heavy atom. The normalized spacial score (nSPS) is 10.0. The first-order valence-electron chi connectivity index (χ1n) is 5.63. The molecular formula is C12H14ClN3O3. The minimum atomic E-state index is -0.613. The molecule has 0 aliphatic heterocycles. The zero-order valence-electron chi connectivity index (χ0n) is 10.5. The Bertz CT molecular complexity index is 505. The van der Waals surface area contributed by atoms with Gasteiger partial charge in [0.1, 0.15) is 11.3 Å². The number of halogens is 1. The molecule has 0 aliphatic carbocycles. The molecule has 6 nitrogen and oxygen atoms in total. The molecule has 0 N–H and O–H groups in total. The maximum Gasteiger partial charge on any atom is 0.288 e. The molecule has 0 atom stereocenters. The van der Waals surface area contributed by atoms with Crippen molar-refractivity contribution in [3.8, 4) is 0 Å². The van der Waals surface area contributed by atoms with E-state index in [9.17, 15) is 14.9 Å². The Morgan fingerprint density at radius 2 is 2.37 bits per heavy atom. The number of carbonyl (C=O) groups is 1. The second-order valence-electron chi connectivity index (χ2n) is 3.95. The second-order valence-corrected chi connectivity index (χ2v) is 4.30. The summed E-state index contributed by atoms with van der Waals surface area (Å²) < 4.78 is 0. The Morgan fingerprint density at radius 3 is 2.95 bits per heavy atom. The highest BCUT2D eigenvalue weighted by Crippen LogP contribution is 2.20. The third-order valence-electron chi connectivity index (χ3n) is 2.51.